The van der Waals surface area contributed by atoms with E-state index in [4.69, 9.17) is 14.2 Å². The van der Waals surface area contributed by atoms with Crippen LogP contribution < -0.4 is 10.6 Å². The van der Waals surface area contributed by atoms with Crippen LogP contribution in [0.3, 0.4) is 0 Å². The molecule has 3 rings (SSSR count). The van der Waals surface area contributed by atoms with E-state index in [2.05, 4.69) is 15.6 Å². The monoisotopic (exact) mass is 615 g/mol. The van der Waals surface area contributed by atoms with Crippen molar-refractivity contribution in [3.05, 3.63) is 24.0 Å². The summed E-state index contributed by atoms with van der Waals surface area (Å²) < 4.78 is 17.3. The van der Waals surface area contributed by atoms with E-state index in [1.54, 1.807) is 67.2 Å². The minimum Gasteiger partial charge on any atom is -0.454 e. The summed E-state index contributed by atoms with van der Waals surface area (Å²) >= 11 is 0. The molecule has 1 aromatic heterocycles. The Morgan fingerprint density at radius 1 is 0.841 bits per heavy atom. The highest BCUT2D eigenvalue weighted by Gasteiger charge is 2.31. The van der Waals surface area contributed by atoms with Gasteiger partial charge in [-0.1, -0.05) is 0 Å². The molecule has 1 aromatic carbocycles. The van der Waals surface area contributed by atoms with Gasteiger partial charge in [0.25, 0.3) is 0 Å². The molecule has 0 radical (unpaired) electrons. The third-order valence-corrected chi connectivity index (χ3v) is 6.17. The first kappa shape index (κ1) is 34.3. The normalized spacial score (nSPS) is 14.9. The number of amides is 3. The van der Waals surface area contributed by atoms with Crippen LogP contribution in [0.2, 0.25) is 0 Å². The summed E-state index contributed by atoms with van der Waals surface area (Å²) in [6, 6.07) is 3.26. The van der Waals surface area contributed by atoms with E-state index in [9.17, 15) is 24.0 Å². The van der Waals surface area contributed by atoms with Gasteiger partial charge in [-0.05, 0) is 99.8 Å². The molecule has 3 amide bonds. The molecule has 0 aliphatic carbocycles. The number of hydrogen-bond acceptors (Lipinski definition) is 9. The number of nitrogens with one attached hydrogen (secondary N) is 2. The SMILES string of the molecule is CC(C)(C)OC(=O)N[C@@H](CC(=O)N1CCCCC1)C(=O)Nc1ccc2c(c1)nc(C(=O)OC(C)(C)C)n2C(=O)OC(C)(C)C. The zero-order chi connectivity index (χ0) is 33.0. The number of imidazole rings is 1. The maximum absolute atomic E-state index is 13.4. The van der Waals surface area contributed by atoms with E-state index in [-0.39, 0.29) is 34.9 Å². The predicted octanol–water partition coefficient (Wildman–Crippen LogP) is 5.01. The summed E-state index contributed by atoms with van der Waals surface area (Å²) in [6.45, 7) is 16.4. The Morgan fingerprint density at radius 2 is 1.43 bits per heavy atom. The predicted molar refractivity (Wildman–Crippen MR) is 163 cm³/mol. The molecule has 0 unspecified atom stereocenters. The van der Waals surface area contributed by atoms with Crippen molar-refractivity contribution in [2.24, 2.45) is 0 Å². The molecule has 1 aliphatic rings. The molecule has 13 heteroatoms. The van der Waals surface area contributed by atoms with E-state index >= 15 is 0 Å². The third kappa shape index (κ3) is 9.95. The maximum atomic E-state index is 13.4. The first-order valence-electron chi connectivity index (χ1n) is 14.8. The number of rotatable bonds is 6. The number of benzene rings is 1. The summed E-state index contributed by atoms with van der Waals surface area (Å²) in [6.07, 6.45) is 0.870. The quantitative estimate of drug-likeness (QED) is 0.337. The number of carbonyl (C=O) groups excluding carboxylic acids is 5. The van der Waals surface area contributed by atoms with Gasteiger partial charge in [-0.3, -0.25) is 9.59 Å². The van der Waals surface area contributed by atoms with E-state index in [0.717, 1.165) is 23.8 Å². The Labute approximate surface area is 258 Å². The van der Waals surface area contributed by atoms with Gasteiger partial charge in [-0.25, -0.2) is 23.9 Å². The number of alkyl carbamates (subject to hydrolysis) is 1. The second kappa shape index (κ2) is 13.2. The standard InChI is InChI=1S/C31H45N5O8/c1-29(2,3)42-26(39)24-33-20-17-19(13-14-22(20)36(24)28(41)44-31(7,8)9)32-25(38)21(34-27(40)43-30(4,5)6)18-23(37)35-15-11-10-12-16-35/h13-14,17,21H,10-12,15-16,18H2,1-9H3,(H,32,38)(H,34,40)/t21-/m0/s1. The molecule has 1 atom stereocenters. The number of esters is 1. The molecular weight excluding hydrogens is 570 g/mol. The van der Waals surface area contributed by atoms with Crippen LogP contribution in [0.25, 0.3) is 11.0 Å². The van der Waals surface area contributed by atoms with E-state index in [1.807, 2.05) is 0 Å². The minimum atomic E-state index is -1.23. The molecule has 0 spiro atoms. The molecule has 0 bridgehead atoms. The van der Waals surface area contributed by atoms with E-state index in [0.29, 0.717) is 13.1 Å². The zero-order valence-electron chi connectivity index (χ0n) is 27.2. The number of anilines is 1. The van der Waals surface area contributed by atoms with Crippen molar-refractivity contribution in [1.29, 1.82) is 0 Å². The largest absolute Gasteiger partial charge is 0.454 e. The molecule has 1 fully saturated rings. The van der Waals surface area contributed by atoms with Gasteiger partial charge >= 0.3 is 18.2 Å². The number of hydrogen-bond donors (Lipinski definition) is 2. The van der Waals surface area contributed by atoms with Gasteiger partial charge in [0.15, 0.2) is 0 Å². The Balaban J connectivity index is 1.92. The number of carbonyl (C=O) groups is 5. The van der Waals surface area contributed by atoms with Gasteiger partial charge in [0.05, 0.1) is 17.5 Å². The zero-order valence-corrected chi connectivity index (χ0v) is 27.2. The lowest BCUT2D eigenvalue weighted by molar-refractivity contribution is -0.134. The van der Waals surface area contributed by atoms with Crippen molar-refractivity contribution in [2.45, 2.75) is 111 Å². The van der Waals surface area contributed by atoms with Gasteiger partial charge in [-0.2, -0.15) is 0 Å². The van der Waals surface area contributed by atoms with E-state index in [1.165, 1.54) is 18.2 Å². The van der Waals surface area contributed by atoms with Gasteiger partial charge < -0.3 is 29.7 Å². The van der Waals surface area contributed by atoms with Crippen LogP contribution in [0.5, 0.6) is 0 Å². The molecule has 2 aromatic rings. The lowest BCUT2D eigenvalue weighted by Gasteiger charge is -2.29. The Morgan fingerprint density at radius 3 is 2.00 bits per heavy atom. The van der Waals surface area contributed by atoms with Crippen LogP contribution in [-0.4, -0.2) is 80.4 Å². The topological polar surface area (TPSA) is 158 Å². The summed E-state index contributed by atoms with van der Waals surface area (Å²) in [7, 11) is 0. The molecule has 0 saturated carbocycles. The second-order valence-corrected chi connectivity index (χ2v) is 13.8. The molecule has 2 heterocycles. The van der Waals surface area contributed by atoms with Crippen LogP contribution in [0.15, 0.2) is 18.2 Å². The van der Waals surface area contributed by atoms with Crippen LogP contribution in [-0.2, 0) is 23.8 Å². The van der Waals surface area contributed by atoms with Gasteiger partial charge in [0.1, 0.15) is 22.8 Å². The first-order chi connectivity index (χ1) is 20.2. The number of aromatic nitrogens is 2. The van der Waals surface area contributed by atoms with Crippen molar-refractivity contribution in [1.82, 2.24) is 19.8 Å². The van der Waals surface area contributed by atoms with Gasteiger partial charge in [-0.15, -0.1) is 0 Å². The highest BCUT2D eigenvalue weighted by molar-refractivity contribution is 6.02. The highest BCUT2D eigenvalue weighted by atomic mass is 16.6. The van der Waals surface area contributed by atoms with Crippen LogP contribution in [0, 0.1) is 0 Å². The van der Waals surface area contributed by atoms with Crippen LogP contribution >= 0.6 is 0 Å². The molecule has 13 nitrogen and oxygen atoms in total. The van der Waals surface area contributed by atoms with E-state index < -0.39 is 46.9 Å². The number of fused-ring (bicyclic) bond motifs is 1. The Kier molecular flexibility index (Phi) is 10.3. The molecule has 2 N–H and O–H groups in total. The van der Waals surface area contributed by atoms with Crippen molar-refractivity contribution < 1.29 is 38.2 Å². The van der Waals surface area contributed by atoms with Crippen molar-refractivity contribution >= 4 is 46.7 Å². The fourth-order valence-electron chi connectivity index (χ4n) is 4.45. The number of likely N-dealkylation sites (tertiary alicyclic amines) is 1. The van der Waals surface area contributed by atoms with Crippen molar-refractivity contribution in [2.75, 3.05) is 18.4 Å². The lowest BCUT2D eigenvalue weighted by atomic mass is 10.1. The van der Waals surface area contributed by atoms with Gasteiger partial charge in [0, 0.05) is 18.8 Å². The highest BCUT2D eigenvalue weighted by Crippen LogP contribution is 2.24. The minimum absolute atomic E-state index is 0.204. The number of nitrogens with zero attached hydrogens (tertiary/aromatic N) is 3. The fourth-order valence-corrected chi connectivity index (χ4v) is 4.45. The Bertz CT molecular complexity index is 1400. The van der Waals surface area contributed by atoms with Crippen LogP contribution in [0.1, 0.15) is 98.6 Å². The third-order valence-electron chi connectivity index (χ3n) is 6.17. The maximum Gasteiger partial charge on any atom is 0.420 e. The van der Waals surface area contributed by atoms with Crippen molar-refractivity contribution in [3.63, 3.8) is 0 Å². The van der Waals surface area contributed by atoms with Gasteiger partial charge in [0.2, 0.25) is 17.6 Å². The smallest absolute Gasteiger partial charge is 0.420 e. The van der Waals surface area contributed by atoms with Crippen LogP contribution in [0.4, 0.5) is 15.3 Å². The average molecular weight is 616 g/mol. The molecule has 1 saturated heterocycles. The van der Waals surface area contributed by atoms with Crippen molar-refractivity contribution in [3.8, 4) is 0 Å². The summed E-state index contributed by atoms with van der Waals surface area (Å²) in [5, 5.41) is 5.24. The molecule has 44 heavy (non-hydrogen) atoms. The summed E-state index contributed by atoms with van der Waals surface area (Å²) in [4.78, 5) is 71.3. The molecule has 1 aliphatic heterocycles. The summed E-state index contributed by atoms with van der Waals surface area (Å²) in [5.41, 5.74) is -1.80. The first-order valence-corrected chi connectivity index (χ1v) is 14.8. The Hall–Kier alpha value is -4.16. The molecular formula is C31H45N5O8. The number of piperidine rings is 1. The average Bonchev–Trinajstić information content (AvgIpc) is 3.25. The fraction of sp³-hybridized carbons (Fsp3) is 0.613. The summed E-state index contributed by atoms with van der Waals surface area (Å²) in [5.74, 6) is -2.03. The number of ether oxygens (including phenoxy) is 3. The lowest BCUT2D eigenvalue weighted by Crippen LogP contribution is -2.49. The second-order valence-electron chi connectivity index (χ2n) is 13.8. The molecule has 242 valence electrons.